The summed E-state index contributed by atoms with van der Waals surface area (Å²) in [6.45, 7) is 0.111. The van der Waals surface area contributed by atoms with Crippen LogP contribution in [0.2, 0.25) is 0 Å². The van der Waals surface area contributed by atoms with E-state index in [1.165, 1.54) is 4.90 Å². The van der Waals surface area contributed by atoms with E-state index in [0.29, 0.717) is 5.52 Å². The first-order valence-corrected chi connectivity index (χ1v) is 7.92. The van der Waals surface area contributed by atoms with Gasteiger partial charge < -0.3 is 0 Å². The molecule has 3 rings (SSSR count). The number of benzene rings is 1. The molecule has 6 nitrogen and oxygen atoms in total. The van der Waals surface area contributed by atoms with Crippen LogP contribution in [0.5, 0.6) is 0 Å². The van der Waals surface area contributed by atoms with Gasteiger partial charge in [0.25, 0.3) is 0 Å². The van der Waals surface area contributed by atoms with E-state index in [1.807, 2.05) is 18.2 Å². The van der Waals surface area contributed by atoms with Gasteiger partial charge >= 0.3 is 10.2 Å². The molecule has 0 saturated carbocycles. The van der Waals surface area contributed by atoms with Crippen molar-refractivity contribution in [3.8, 4) is 0 Å². The van der Waals surface area contributed by atoms with E-state index in [0.717, 1.165) is 5.39 Å². The number of carbonyl (C=O) groups excluding carboxylic acids is 1. The third-order valence-corrected chi connectivity index (χ3v) is 4.23. The summed E-state index contributed by atoms with van der Waals surface area (Å²) in [6, 6.07) is 7.33. The first kappa shape index (κ1) is 13.9. The van der Waals surface area contributed by atoms with Gasteiger partial charge in [0.15, 0.2) is 0 Å². The van der Waals surface area contributed by atoms with Gasteiger partial charge in [-0.25, -0.2) is 9.97 Å². The minimum atomic E-state index is -4.59. The van der Waals surface area contributed by atoms with Crippen molar-refractivity contribution < 1.29 is 17.1 Å². The summed E-state index contributed by atoms with van der Waals surface area (Å²) < 4.78 is 34.1. The molecule has 1 aromatic heterocycles. The lowest BCUT2D eigenvalue weighted by Crippen LogP contribution is -2.27. The summed E-state index contributed by atoms with van der Waals surface area (Å²) in [5.74, 6) is -1.29. The fourth-order valence-corrected chi connectivity index (χ4v) is 3.25. The van der Waals surface area contributed by atoms with Crippen molar-refractivity contribution in [2.24, 2.45) is 5.92 Å². The topological polar surface area (TPSA) is 80.2 Å². The molecule has 1 unspecified atom stereocenters. The molecule has 8 heteroatoms. The van der Waals surface area contributed by atoms with E-state index in [2.05, 4.69) is 9.97 Å². The van der Waals surface area contributed by atoms with Crippen LogP contribution in [0.3, 0.4) is 0 Å². The van der Waals surface area contributed by atoms with Crippen molar-refractivity contribution >= 4 is 33.0 Å². The number of anilines is 1. The number of para-hydroxylation sites is 1. The van der Waals surface area contributed by atoms with Crippen LogP contribution in [-0.4, -0.2) is 36.6 Å². The second-order valence-corrected chi connectivity index (χ2v) is 6.42. The third kappa shape index (κ3) is 2.99. The highest BCUT2D eigenvalue weighted by Gasteiger charge is 2.34. The molecule has 0 radical (unpaired) electrons. The molecule has 0 N–H and O–H groups in total. The molecule has 1 amide bonds. The normalized spacial score (nSPS) is 19.4. The first-order chi connectivity index (χ1) is 9.92. The van der Waals surface area contributed by atoms with E-state index in [1.54, 1.807) is 12.3 Å². The Hall–Kier alpha value is -2.09. The lowest BCUT2D eigenvalue weighted by molar-refractivity contribution is -0.117. The van der Waals surface area contributed by atoms with Crippen molar-refractivity contribution in [2.75, 3.05) is 17.2 Å². The maximum Gasteiger partial charge on any atom is 0.302 e. The Labute approximate surface area is 120 Å². The van der Waals surface area contributed by atoms with Crippen LogP contribution in [0.1, 0.15) is 6.42 Å². The molecule has 1 aliphatic heterocycles. The summed E-state index contributed by atoms with van der Waals surface area (Å²) in [5, 5.41) is 0.843. The first-order valence-electron chi connectivity index (χ1n) is 6.37. The molecule has 1 fully saturated rings. The second-order valence-electron chi connectivity index (χ2n) is 5.01. The van der Waals surface area contributed by atoms with E-state index in [4.69, 9.17) is 0 Å². The molecule has 1 aliphatic rings. The minimum absolute atomic E-state index is 0.0145. The number of rotatable bonds is 3. The highest BCUT2D eigenvalue weighted by atomic mass is 32.3. The molecule has 2 heterocycles. The Balaban J connectivity index is 1.87. The average molecular weight is 309 g/mol. The van der Waals surface area contributed by atoms with Crippen molar-refractivity contribution in [3.05, 3.63) is 30.5 Å². The monoisotopic (exact) mass is 309 g/mol. The molecule has 2 aromatic rings. The van der Waals surface area contributed by atoms with Crippen LogP contribution in [0.25, 0.3) is 10.9 Å². The Morgan fingerprint density at radius 2 is 2.10 bits per heavy atom. The van der Waals surface area contributed by atoms with Crippen molar-refractivity contribution in [1.82, 2.24) is 9.97 Å². The zero-order valence-electron chi connectivity index (χ0n) is 10.9. The van der Waals surface area contributed by atoms with Crippen LogP contribution >= 0.6 is 0 Å². The van der Waals surface area contributed by atoms with Gasteiger partial charge in [-0.2, -0.15) is 8.42 Å². The van der Waals surface area contributed by atoms with Gasteiger partial charge in [0.1, 0.15) is 0 Å². The zero-order valence-corrected chi connectivity index (χ0v) is 11.8. The van der Waals surface area contributed by atoms with E-state index < -0.39 is 21.9 Å². The number of carbonyl (C=O) groups is 1. The lowest BCUT2D eigenvalue weighted by atomic mass is 10.1. The quantitative estimate of drug-likeness (QED) is 0.798. The number of halogens is 1. The number of hydrogen-bond donors (Lipinski definition) is 0. The number of aromatic nitrogens is 2. The third-order valence-electron chi connectivity index (χ3n) is 3.36. The second kappa shape index (κ2) is 5.03. The summed E-state index contributed by atoms with van der Waals surface area (Å²) in [6.07, 6.45) is 1.59. The van der Waals surface area contributed by atoms with E-state index in [-0.39, 0.29) is 24.8 Å². The highest BCUT2D eigenvalue weighted by Crippen LogP contribution is 2.24. The Morgan fingerprint density at radius 3 is 2.86 bits per heavy atom. The van der Waals surface area contributed by atoms with Gasteiger partial charge in [0, 0.05) is 30.5 Å². The smallest absolute Gasteiger partial charge is 0.280 e. The van der Waals surface area contributed by atoms with Crippen LogP contribution < -0.4 is 4.90 Å². The Morgan fingerprint density at radius 1 is 1.33 bits per heavy atom. The molecular formula is C13H12FN3O3S. The zero-order chi connectivity index (χ0) is 15.0. The van der Waals surface area contributed by atoms with Crippen molar-refractivity contribution in [2.45, 2.75) is 6.42 Å². The molecule has 1 atom stereocenters. The number of nitrogens with zero attached hydrogens (tertiary/aromatic N) is 3. The molecular weight excluding hydrogens is 297 g/mol. The molecule has 21 heavy (non-hydrogen) atoms. The van der Waals surface area contributed by atoms with Crippen LogP contribution in [-0.2, 0) is 15.0 Å². The van der Waals surface area contributed by atoms with Gasteiger partial charge in [-0.3, -0.25) is 9.69 Å². The average Bonchev–Trinajstić information content (AvgIpc) is 2.76. The number of fused-ring (bicyclic) bond motifs is 1. The summed E-state index contributed by atoms with van der Waals surface area (Å²) in [4.78, 5) is 21.7. The molecule has 1 saturated heterocycles. The van der Waals surface area contributed by atoms with Crippen LogP contribution in [0.15, 0.2) is 30.5 Å². The number of hydrogen-bond acceptors (Lipinski definition) is 5. The van der Waals surface area contributed by atoms with Gasteiger partial charge in [-0.15, -0.1) is 3.89 Å². The highest BCUT2D eigenvalue weighted by molar-refractivity contribution is 7.86. The summed E-state index contributed by atoms with van der Waals surface area (Å²) in [5.41, 5.74) is 0.692. The predicted octanol–water partition coefficient (Wildman–Crippen LogP) is 1.28. The van der Waals surface area contributed by atoms with Crippen molar-refractivity contribution in [3.63, 3.8) is 0 Å². The molecule has 0 aliphatic carbocycles. The Kier molecular flexibility index (Phi) is 3.32. The van der Waals surface area contributed by atoms with Gasteiger partial charge in [0.05, 0.1) is 11.3 Å². The fourth-order valence-electron chi connectivity index (χ4n) is 2.46. The molecule has 0 bridgehead atoms. The minimum Gasteiger partial charge on any atom is -0.280 e. The molecule has 0 spiro atoms. The summed E-state index contributed by atoms with van der Waals surface area (Å²) >= 11 is 0. The maximum atomic E-state index is 12.7. The van der Waals surface area contributed by atoms with Crippen molar-refractivity contribution in [1.29, 1.82) is 0 Å². The van der Waals surface area contributed by atoms with E-state index in [9.17, 15) is 17.1 Å². The largest absolute Gasteiger partial charge is 0.302 e. The lowest BCUT2D eigenvalue weighted by Gasteiger charge is -2.14. The van der Waals surface area contributed by atoms with Crippen LogP contribution in [0.4, 0.5) is 9.83 Å². The molecule has 110 valence electrons. The van der Waals surface area contributed by atoms with Gasteiger partial charge in [-0.1, -0.05) is 18.2 Å². The number of amides is 1. The Bertz CT molecular complexity index is 809. The predicted molar refractivity (Wildman–Crippen MR) is 74.9 cm³/mol. The summed E-state index contributed by atoms with van der Waals surface area (Å²) in [7, 11) is -4.59. The standard InChI is InChI=1S/C13H12FN3O3S/c14-21(19,20)8-9-5-12(18)17(7-9)13-15-6-10-3-1-2-4-11(10)16-13/h1-4,6,9H,5,7-8H2. The molecule has 1 aromatic carbocycles. The SMILES string of the molecule is O=C1CC(CS(=O)(=O)F)CN1c1ncc2ccccc2n1. The van der Waals surface area contributed by atoms with E-state index >= 15 is 0 Å². The van der Waals surface area contributed by atoms with Gasteiger partial charge in [-0.05, 0) is 6.07 Å². The van der Waals surface area contributed by atoms with Gasteiger partial charge in [0.2, 0.25) is 11.9 Å². The maximum absolute atomic E-state index is 12.7. The fraction of sp³-hybridized carbons (Fsp3) is 0.308. The van der Waals surface area contributed by atoms with Crippen LogP contribution in [0, 0.1) is 5.92 Å².